The lowest BCUT2D eigenvalue weighted by Gasteiger charge is -2.52. The van der Waals surface area contributed by atoms with Gasteiger partial charge in [-0.2, -0.15) is 31.4 Å². The molecule has 0 atom stereocenters. The number of halogens is 8. The minimum absolute atomic E-state index is 0. The number of carbonyl (C=O) groups is 1. The predicted octanol–water partition coefficient (Wildman–Crippen LogP) is 3.19. The van der Waals surface area contributed by atoms with Crippen LogP contribution < -0.4 is 0 Å². The van der Waals surface area contributed by atoms with Crippen LogP contribution in [0.25, 0.3) is 0 Å². The van der Waals surface area contributed by atoms with Crippen LogP contribution in [0.3, 0.4) is 0 Å². The highest BCUT2D eigenvalue weighted by Crippen LogP contribution is 2.69. The van der Waals surface area contributed by atoms with Gasteiger partial charge in [0.05, 0.1) is 5.69 Å². The van der Waals surface area contributed by atoms with E-state index in [1.807, 2.05) is 0 Å². The maximum absolute atomic E-state index is 13.8. The number of hydrogen-bond donors (Lipinski definition) is 0. The Balaban J connectivity index is 0.00000220. The summed E-state index contributed by atoms with van der Waals surface area (Å²) in [4.78, 5) is 11.5. The minimum atomic E-state index is -5.94. The smallest absolute Gasteiger partial charge is 0.268 e. The van der Waals surface area contributed by atoms with Crippen molar-refractivity contribution in [3.8, 4) is 0 Å². The van der Waals surface area contributed by atoms with Gasteiger partial charge in [0.2, 0.25) is 0 Å². The van der Waals surface area contributed by atoms with Crippen LogP contribution in [0.15, 0.2) is 6.07 Å². The summed E-state index contributed by atoms with van der Waals surface area (Å²) in [5.41, 5.74) is -5.52. The predicted molar refractivity (Wildman–Crippen MR) is 58.3 cm³/mol. The van der Waals surface area contributed by atoms with Gasteiger partial charge < -0.3 is 0 Å². The van der Waals surface area contributed by atoms with E-state index in [4.69, 9.17) is 0 Å². The van der Waals surface area contributed by atoms with Crippen LogP contribution in [0.5, 0.6) is 0 Å². The molecular formula is C10H8ClF7N2O. The van der Waals surface area contributed by atoms with Crippen molar-refractivity contribution in [3.63, 3.8) is 0 Å². The van der Waals surface area contributed by atoms with Gasteiger partial charge >= 0.3 is 23.4 Å². The lowest BCUT2D eigenvalue weighted by molar-refractivity contribution is -0.456. The SMILES string of the molecule is Cc1cc(C)n(C(=O)C2(F)C(F)(F)C(F)(F)C2(F)F)n1.Cl. The maximum atomic E-state index is 13.8. The maximum Gasteiger partial charge on any atom is 0.380 e. The Kier molecular flexibility index (Phi) is 3.66. The molecule has 0 unspecified atom stereocenters. The Bertz CT molecular complexity index is 580. The molecule has 0 amide bonds. The average Bonchev–Trinajstić information content (AvgIpc) is 2.64. The zero-order valence-electron chi connectivity index (χ0n) is 10.4. The second-order valence-electron chi connectivity index (χ2n) is 4.53. The largest absolute Gasteiger partial charge is 0.380 e. The first-order chi connectivity index (χ1) is 8.82. The van der Waals surface area contributed by atoms with Crippen molar-refractivity contribution in [1.82, 2.24) is 9.78 Å². The van der Waals surface area contributed by atoms with Gasteiger partial charge in [0.25, 0.3) is 5.91 Å². The van der Waals surface area contributed by atoms with E-state index < -0.39 is 29.3 Å². The summed E-state index contributed by atoms with van der Waals surface area (Å²) < 4.78 is 91.3. The molecular weight excluding hydrogens is 333 g/mol. The molecule has 21 heavy (non-hydrogen) atoms. The van der Waals surface area contributed by atoms with Crippen LogP contribution >= 0.6 is 12.4 Å². The molecule has 1 aliphatic carbocycles. The Hall–Kier alpha value is -1.32. The molecule has 1 fully saturated rings. The Labute approximate surface area is 119 Å². The zero-order chi connectivity index (χ0) is 15.7. The Morgan fingerprint density at radius 3 is 1.76 bits per heavy atom. The van der Waals surface area contributed by atoms with Gasteiger partial charge in [-0.25, -0.2) is 9.07 Å². The second-order valence-corrected chi connectivity index (χ2v) is 4.53. The molecule has 0 bridgehead atoms. The molecule has 0 radical (unpaired) electrons. The molecule has 1 aliphatic rings. The molecule has 0 saturated heterocycles. The molecule has 0 aromatic carbocycles. The van der Waals surface area contributed by atoms with E-state index in [0.29, 0.717) is 0 Å². The van der Waals surface area contributed by atoms with Crippen molar-refractivity contribution in [1.29, 1.82) is 0 Å². The summed E-state index contributed by atoms with van der Waals surface area (Å²) in [6.07, 6.45) is 0. The molecule has 0 N–H and O–H groups in total. The third-order valence-corrected chi connectivity index (χ3v) is 3.15. The summed E-state index contributed by atoms with van der Waals surface area (Å²) in [5, 5.41) is 3.25. The number of nitrogens with zero attached hydrogens (tertiary/aromatic N) is 2. The van der Waals surface area contributed by atoms with E-state index >= 15 is 0 Å². The summed E-state index contributed by atoms with van der Waals surface area (Å²) in [5.74, 6) is -20.1. The van der Waals surface area contributed by atoms with Gasteiger partial charge in [-0.05, 0) is 19.9 Å². The molecule has 1 heterocycles. The van der Waals surface area contributed by atoms with Crippen molar-refractivity contribution >= 4 is 18.3 Å². The lowest BCUT2D eigenvalue weighted by Crippen LogP contribution is -2.87. The number of rotatable bonds is 1. The van der Waals surface area contributed by atoms with Gasteiger partial charge in [-0.3, -0.25) is 4.79 Å². The second kappa shape index (κ2) is 4.34. The van der Waals surface area contributed by atoms with Crippen LogP contribution in [0.2, 0.25) is 0 Å². The minimum Gasteiger partial charge on any atom is -0.268 e. The number of carbonyl (C=O) groups excluding carboxylic acids is 1. The molecule has 11 heteroatoms. The summed E-state index contributed by atoms with van der Waals surface area (Å²) >= 11 is 0. The highest BCUT2D eigenvalue weighted by molar-refractivity contribution is 5.92. The summed E-state index contributed by atoms with van der Waals surface area (Å²) in [7, 11) is 0. The van der Waals surface area contributed by atoms with Gasteiger partial charge in [0.15, 0.2) is 0 Å². The topological polar surface area (TPSA) is 34.9 Å². The number of alkyl halides is 7. The quantitative estimate of drug-likeness (QED) is 0.736. The number of aryl methyl sites for hydroxylation is 2. The number of aromatic nitrogens is 2. The van der Waals surface area contributed by atoms with E-state index in [0.717, 1.165) is 13.0 Å². The third-order valence-electron chi connectivity index (χ3n) is 3.15. The molecule has 120 valence electrons. The molecule has 1 aromatic heterocycles. The molecule has 1 aromatic rings. The zero-order valence-corrected chi connectivity index (χ0v) is 11.3. The molecule has 0 aliphatic heterocycles. The highest BCUT2D eigenvalue weighted by atomic mass is 35.5. The Morgan fingerprint density at radius 1 is 1.00 bits per heavy atom. The van der Waals surface area contributed by atoms with Crippen molar-refractivity contribution < 1.29 is 35.5 Å². The van der Waals surface area contributed by atoms with E-state index in [9.17, 15) is 35.5 Å². The van der Waals surface area contributed by atoms with Gasteiger partial charge in [0, 0.05) is 5.69 Å². The first kappa shape index (κ1) is 17.7. The van der Waals surface area contributed by atoms with E-state index in [1.54, 1.807) is 0 Å². The van der Waals surface area contributed by atoms with Crippen molar-refractivity contribution in [2.24, 2.45) is 0 Å². The fraction of sp³-hybridized carbons (Fsp3) is 0.600. The van der Waals surface area contributed by atoms with Crippen LogP contribution in [0.1, 0.15) is 16.2 Å². The molecule has 1 saturated carbocycles. The average molecular weight is 341 g/mol. The van der Waals surface area contributed by atoms with Crippen LogP contribution in [0.4, 0.5) is 30.7 Å². The van der Waals surface area contributed by atoms with Crippen LogP contribution in [-0.4, -0.2) is 39.1 Å². The first-order valence-corrected chi connectivity index (χ1v) is 5.23. The standard InChI is InChI=1S/C10H7F7N2O.ClH/c1-4-3-5(2)19(18-4)6(20)7(11)8(12,13)10(16,17)9(7,14)15;/h3H,1-2H3;1H. The molecule has 2 rings (SSSR count). The van der Waals surface area contributed by atoms with E-state index in [-0.39, 0.29) is 28.5 Å². The lowest BCUT2D eigenvalue weighted by atomic mass is 9.69. The van der Waals surface area contributed by atoms with Crippen molar-refractivity contribution in [2.75, 3.05) is 0 Å². The fourth-order valence-corrected chi connectivity index (χ4v) is 2.01. The van der Waals surface area contributed by atoms with Crippen molar-refractivity contribution in [2.45, 2.75) is 37.3 Å². The fourth-order valence-electron chi connectivity index (χ4n) is 2.01. The van der Waals surface area contributed by atoms with E-state index in [1.165, 1.54) is 6.92 Å². The molecule has 0 spiro atoms. The summed E-state index contributed by atoms with van der Waals surface area (Å²) in [6.45, 7) is 2.39. The third kappa shape index (κ3) is 1.62. The van der Waals surface area contributed by atoms with Crippen molar-refractivity contribution in [3.05, 3.63) is 17.5 Å². The van der Waals surface area contributed by atoms with Crippen LogP contribution in [-0.2, 0) is 0 Å². The van der Waals surface area contributed by atoms with Gasteiger partial charge in [-0.15, -0.1) is 12.4 Å². The Morgan fingerprint density at radius 2 is 1.43 bits per heavy atom. The highest BCUT2D eigenvalue weighted by Gasteiger charge is 3.02. The summed E-state index contributed by atoms with van der Waals surface area (Å²) in [6, 6.07) is 1.12. The number of hydrogen-bond acceptors (Lipinski definition) is 2. The van der Waals surface area contributed by atoms with Crippen LogP contribution in [0, 0.1) is 13.8 Å². The normalized spacial score (nSPS) is 23.9. The first-order valence-electron chi connectivity index (χ1n) is 5.23. The monoisotopic (exact) mass is 340 g/mol. The van der Waals surface area contributed by atoms with E-state index in [2.05, 4.69) is 5.10 Å². The van der Waals surface area contributed by atoms with Gasteiger partial charge in [0.1, 0.15) is 0 Å². The van der Waals surface area contributed by atoms with Gasteiger partial charge in [-0.1, -0.05) is 0 Å². The molecule has 3 nitrogen and oxygen atoms in total.